The Kier molecular flexibility index (Phi) is 3.59. The highest BCUT2D eigenvalue weighted by atomic mass is 16.3. The first-order valence-corrected chi connectivity index (χ1v) is 17.1. The number of anilines is 3. The Balaban J connectivity index is 1.40. The summed E-state index contributed by atoms with van der Waals surface area (Å²) >= 11 is 0. The number of hydrogen-bond donors (Lipinski definition) is 0. The fourth-order valence-electron chi connectivity index (χ4n) is 6.37. The van der Waals surface area contributed by atoms with Crippen LogP contribution in [0.1, 0.15) is 62.0 Å². The van der Waals surface area contributed by atoms with Crippen LogP contribution in [0.25, 0.3) is 76.9 Å². The molecule has 10 aromatic rings. The van der Waals surface area contributed by atoms with Crippen molar-refractivity contribution in [3.63, 3.8) is 0 Å². The van der Waals surface area contributed by atoms with Crippen molar-refractivity contribution < 1.29 is 44.2 Å². The van der Waals surface area contributed by atoms with Crippen LogP contribution in [-0.2, 0) is 0 Å². The van der Waals surface area contributed by atoms with E-state index in [9.17, 15) is 21.9 Å². The number of benzene rings is 9. The van der Waals surface area contributed by atoms with Crippen LogP contribution in [0.5, 0.6) is 0 Å². The maximum Gasteiger partial charge on any atom is 0.143 e. The number of furan rings is 1. The van der Waals surface area contributed by atoms with E-state index in [4.69, 9.17) is 22.2 Å². The van der Waals surface area contributed by atoms with Crippen LogP contribution in [0, 0.1) is 27.7 Å². The zero-order valence-corrected chi connectivity index (χ0v) is 29.9. The molecule has 56 heavy (non-hydrogen) atoms. The second-order valence-corrected chi connectivity index (χ2v) is 12.8. The van der Waals surface area contributed by atoms with Crippen molar-refractivity contribution in [2.24, 2.45) is 0 Å². The smallest absolute Gasteiger partial charge is 0.143 e. The minimum absolute atomic E-state index is 0.00565. The van der Waals surface area contributed by atoms with Gasteiger partial charge in [-0.05, 0) is 148 Å². The molecule has 0 atom stereocenters. The second-order valence-electron chi connectivity index (χ2n) is 12.8. The van der Waals surface area contributed by atoms with E-state index in [1.54, 1.807) is 20.8 Å². The first kappa shape index (κ1) is 15.0. The van der Waals surface area contributed by atoms with Crippen molar-refractivity contribution in [3.05, 3.63) is 197 Å². The van der Waals surface area contributed by atoms with Gasteiger partial charge in [0.2, 0.25) is 0 Å². The van der Waals surface area contributed by atoms with Gasteiger partial charge in [-0.2, -0.15) is 0 Å². The number of hydrogen-bond acceptors (Lipinski definition) is 2. The Morgan fingerprint density at radius 3 is 1.73 bits per heavy atom. The third-order valence-corrected chi connectivity index (χ3v) is 9.38. The largest absolute Gasteiger partial charge is 0.455 e. The van der Waals surface area contributed by atoms with Crippen LogP contribution in [0.15, 0.2) is 180 Å². The maximum atomic E-state index is 10.0. The summed E-state index contributed by atoms with van der Waals surface area (Å²) in [6.45, 7) is 6.35. The summed E-state index contributed by atoms with van der Waals surface area (Å²) in [6.07, 6.45) is 0. The highest BCUT2D eigenvalue weighted by Crippen LogP contribution is 2.44. The molecule has 0 unspecified atom stereocenters. The molecule has 0 saturated carbocycles. The Hall–Kier alpha value is -6.90. The fraction of sp³-hybridized carbons (Fsp3) is 0.0741. The summed E-state index contributed by atoms with van der Waals surface area (Å²) in [5.74, 6) is 0. The lowest BCUT2D eigenvalue weighted by atomic mass is 9.90. The summed E-state index contributed by atoms with van der Waals surface area (Å²) in [4.78, 5) is 0.401. The highest BCUT2D eigenvalue weighted by molar-refractivity contribution is 6.20. The van der Waals surface area contributed by atoms with Gasteiger partial charge in [-0.25, -0.2) is 0 Å². The number of rotatable bonds is 6. The van der Waals surface area contributed by atoms with Crippen LogP contribution in [0.2, 0.25) is 0 Å². The lowest BCUT2D eigenvalue weighted by molar-refractivity contribution is 0.672. The van der Waals surface area contributed by atoms with Crippen molar-refractivity contribution in [3.8, 4) is 33.4 Å². The van der Waals surface area contributed by atoms with E-state index >= 15 is 0 Å². The molecule has 1 heterocycles. The third-order valence-electron chi connectivity index (χ3n) is 9.38. The molecular weight excluding hydrogens is 679 g/mol. The Morgan fingerprint density at radius 1 is 0.411 bits per heavy atom. The average molecular weight is 749 g/mol. The zero-order valence-electron chi connectivity index (χ0n) is 58.9. The predicted octanol–water partition coefficient (Wildman–Crippen LogP) is 15.6. The first-order chi connectivity index (χ1) is 39.5. The van der Waals surface area contributed by atoms with Crippen LogP contribution in [0.4, 0.5) is 17.1 Å². The lowest BCUT2D eigenvalue weighted by Gasteiger charge is -2.26. The van der Waals surface area contributed by atoms with Crippen molar-refractivity contribution in [2.75, 3.05) is 4.90 Å². The SMILES string of the molecule is [2H]c1c([2H])c([2H])c(-c2c([2H])c([2H])c(N(c3c([2H])c([2H])c(-c4c([2H])c([2H])c5c([2H])c([2H])c([2H])c([2H])c5c4[2H])c([2H])c3[2H])c3c([2H])c([2H])c4c(oc5c6c([2H])c([2H])c([2H])c(C)c6c(-c6c([2H])c(C)c(C)c(C)c6[2H])c([2H])c54)c3[2H])c([2H])c2[2H])c([2H])c1[2H]. The molecule has 0 saturated heterocycles. The van der Waals surface area contributed by atoms with Crippen LogP contribution in [-0.4, -0.2) is 0 Å². The van der Waals surface area contributed by atoms with Gasteiger partial charge in [0.1, 0.15) is 11.2 Å². The van der Waals surface area contributed by atoms with Gasteiger partial charge in [0.25, 0.3) is 0 Å². The monoisotopic (exact) mass is 749 g/mol. The van der Waals surface area contributed by atoms with Crippen LogP contribution < -0.4 is 4.90 Å². The van der Waals surface area contributed by atoms with Crippen LogP contribution >= 0.6 is 0 Å². The summed E-state index contributed by atoms with van der Waals surface area (Å²) in [7, 11) is 0. The number of fused-ring (bicyclic) bond motifs is 6. The molecular formula is C54H41NO. The van der Waals surface area contributed by atoms with Gasteiger partial charge in [0.05, 0.1) is 39.8 Å². The summed E-state index contributed by atoms with van der Waals surface area (Å²) in [5, 5.41) is -2.48. The molecule has 9 aromatic carbocycles. The standard InChI is InChI=1S/C54H41NO/c1-34-11-10-16-49-53(34)50(44-29-35(2)37(4)36(3)30-44)33-51-48-28-27-47(32-52(48)56-54(49)51)55(45-23-19-40(20-24-45)38-12-6-5-7-13-38)46-25-21-41(22-26-46)43-18-17-39-14-8-9-15-42(39)31-43/h5-33H,1-4H3/i5D,6D,7D,8D,9D,10D,11D,12D,13D,14D,15D,16D,17D,18D,19D,20D,21D,22D,23D,24D,25D,26D,27D,28D,29D,30D,31D,32D,33D. The van der Waals surface area contributed by atoms with Crippen molar-refractivity contribution in [1.82, 2.24) is 0 Å². The molecule has 10 rings (SSSR count). The Labute approximate surface area is 368 Å². The summed E-state index contributed by atoms with van der Waals surface area (Å²) < 4.78 is 271. The normalized spacial score (nSPS) is 18.8. The third kappa shape index (κ3) is 5.74. The summed E-state index contributed by atoms with van der Waals surface area (Å²) in [5.41, 5.74) is -6.81. The first-order valence-electron chi connectivity index (χ1n) is 31.6. The number of aryl methyl sites for hydroxylation is 1. The minimum Gasteiger partial charge on any atom is -0.455 e. The Bertz CT molecular complexity index is 4700. The Morgan fingerprint density at radius 2 is 1.02 bits per heavy atom. The van der Waals surface area contributed by atoms with E-state index in [-0.39, 0.29) is 39.5 Å². The van der Waals surface area contributed by atoms with Gasteiger partial charge >= 0.3 is 0 Å². The molecule has 0 bridgehead atoms. The molecule has 1 aromatic heterocycles. The number of nitrogens with zero attached hydrogens (tertiary/aromatic N) is 1. The zero-order chi connectivity index (χ0) is 63.2. The molecule has 268 valence electrons. The molecule has 0 aliphatic heterocycles. The van der Waals surface area contributed by atoms with Gasteiger partial charge in [0.15, 0.2) is 0 Å². The molecule has 0 aliphatic rings. The fourth-order valence-corrected chi connectivity index (χ4v) is 6.37. The molecule has 0 spiro atoms. The van der Waals surface area contributed by atoms with Crippen molar-refractivity contribution >= 4 is 60.5 Å². The molecule has 2 nitrogen and oxygen atoms in total. The predicted molar refractivity (Wildman–Crippen MR) is 239 cm³/mol. The quantitative estimate of drug-likeness (QED) is 0.168. The van der Waals surface area contributed by atoms with Gasteiger partial charge in [0, 0.05) is 39.3 Å². The van der Waals surface area contributed by atoms with Gasteiger partial charge in [-0.1, -0.05) is 121 Å². The van der Waals surface area contributed by atoms with E-state index in [0.29, 0.717) is 21.6 Å². The van der Waals surface area contributed by atoms with Crippen molar-refractivity contribution in [1.29, 1.82) is 0 Å². The van der Waals surface area contributed by atoms with E-state index in [1.165, 1.54) is 6.92 Å². The highest BCUT2D eigenvalue weighted by Gasteiger charge is 2.20. The van der Waals surface area contributed by atoms with Gasteiger partial charge in [-0.3, -0.25) is 0 Å². The average Bonchev–Trinajstić information content (AvgIpc) is 1.84. The van der Waals surface area contributed by atoms with Crippen LogP contribution in [0.3, 0.4) is 0 Å². The molecule has 0 fully saturated rings. The van der Waals surface area contributed by atoms with Crippen molar-refractivity contribution in [2.45, 2.75) is 27.7 Å². The van der Waals surface area contributed by atoms with E-state index in [1.807, 2.05) is 0 Å². The summed E-state index contributed by atoms with van der Waals surface area (Å²) in [6, 6.07) is -26.3. The minimum atomic E-state index is -1.24. The molecule has 0 amide bonds. The van der Waals surface area contributed by atoms with E-state index < -0.39 is 235 Å². The second kappa shape index (κ2) is 13.4. The molecule has 0 N–H and O–H groups in total. The molecule has 0 radical (unpaired) electrons. The molecule has 2 heteroatoms. The molecule has 0 aliphatic carbocycles. The van der Waals surface area contributed by atoms with E-state index in [0.717, 1.165) is 0 Å². The maximum absolute atomic E-state index is 10.0. The van der Waals surface area contributed by atoms with E-state index in [2.05, 4.69) is 0 Å². The topological polar surface area (TPSA) is 16.4 Å². The van der Waals surface area contributed by atoms with Gasteiger partial charge in [-0.15, -0.1) is 0 Å². The lowest BCUT2D eigenvalue weighted by Crippen LogP contribution is -2.09. The van der Waals surface area contributed by atoms with Gasteiger partial charge < -0.3 is 9.32 Å².